The van der Waals surface area contributed by atoms with Crippen LogP contribution in [0, 0.1) is 0 Å². The standard InChI is InChI=1S/C14H20N2O2/c1-11(17)13(15-2)9-14(18)16(3)10-12-7-5-4-6-8-12/h4-8,13,15H,9-10H2,1-3H3. The van der Waals surface area contributed by atoms with Crippen molar-refractivity contribution in [3.8, 4) is 0 Å². The average Bonchev–Trinajstić information content (AvgIpc) is 2.36. The van der Waals surface area contributed by atoms with Crippen LogP contribution >= 0.6 is 0 Å². The predicted molar refractivity (Wildman–Crippen MR) is 71.1 cm³/mol. The Hall–Kier alpha value is -1.68. The largest absolute Gasteiger partial charge is 0.341 e. The molecule has 1 aromatic carbocycles. The lowest BCUT2D eigenvalue weighted by Gasteiger charge is -2.20. The molecular weight excluding hydrogens is 228 g/mol. The summed E-state index contributed by atoms with van der Waals surface area (Å²) in [5.41, 5.74) is 1.08. The number of carbonyl (C=O) groups excluding carboxylic acids is 2. The van der Waals surface area contributed by atoms with Crippen LogP contribution in [0.4, 0.5) is 0 Å². The average molecular weight is 248 g/mol. The molecule has 0 spiro atoms. The molecule has 4 nitrogen and oxygen atoms in total. The molecule has 0 bridgehead atoms. The van der Waals surface area contributed by atoms with Gasteiger partial charge in [0.05, 0.1) is 6.04 Å². The van der Waals surface area contributed by atoms with Gasteiger partial charge in [-0.1, -0.05) is 30.3 Å². The number of rotatable bonds is 6. The van der Waals surface area contributed by atoms with E-state index < -0.39 is 6.04 Å². The molecular formula is C14H20N2O2. The normalized spacial score (nSPS) is 11.9. The van der Waals surface area contributed by atoms with Gasteiger partial charge in [-0.2, -0.15) is 0 Å². The summed E-state index contributed by atoms with van der Waals surface area (Å²) in [6.45, 7) is 2.06. The van der Waals surface area contributed by atoms with Gasteiger partial charge >= 0.3 is 0 Å². The fourth-order valence-electron chi connectivity index (χ4n) is 1.72. The molecule has 0 aliphatic rings. The van der Waals surface area contributed by atoms with Crippen LogP contribution in [0.3, 0.4) is 0 Å². The van der Waals surface area contributed by atoms with E-state index in [4.69, 9.17) is 0 Å². The Morgan fingerprint density at radius 3 is 2.39 bits per heavy atom. The Morgan fingerprint density at radius 2 is 1.89 bits per heavy atom. The maximum Gasteiger partial charge on any atom is 0.224 e. The van der Waals surface area contributed by atoms with Gasteiger partial charge in [-0.05, 0) is 19.5 Å². The van der Waals surface area contributed by atoms with Crippen molar-refractivity contribution in [2.24, 2.45) is 0 Å². The molecule has 1 rings (SSSR count). The Morgan fingerprint density at radius 1 is 1.28 bits per heavy atom. The van der Waals surface area contributed by atoms with Crippen molar-refractivity contribution >= 4 is 11.7 Å². The van der Waals surface area contributed by atoms with Crippen molar-refractivity contribution in [1.82, 2.24) is 10.2 Å². The molecule has 0 aliphatic heterocycles. The maximum atomic E-state index is 12.0. The first kappa shape index (κ1) is 14.4. The predicted octanol–water partition coefficient (Wildman–Crippen LogP) is 1.21. The Balaban J connectivity index is 2.54. The molecule has 98 valence electrons. The van der Waals surface area contributed by atoms with Crippen molar-refractivity contribution in [3.63, 3.8) is 0 Å². The highest BCUT2D eigenvalue weighted by atomic mass is 16.2. The van der Waals surface area contributed by atoms with E-state index in [0.717, 1.165) is 5.56 Å². The first-order valence-electron chi connectivity index (χ1n) is 6.00. The van der Waals surface area contributed by atoms with E-state index in [-0.39, 0.29) is 18.1 Å². The van der Waals surface area contributed by atoms with Gasteiger partial charge in [0, 0.05) is 20.0 Å². The molecule has 1 N–H and O–H groups in total. The molecule has 0 saturated heterocycles. The summed E-state index contributed by atoms with van der Waals surface area (Å²) in [5.74, 6) is -0.0487. The molecule has 0 aromatic heterocycles. The van der Waals surface area contributed by atoms with Gasteiger partial charge in [0.2, 0.25) is 5.91 Å². The fourth-order valence-corrected chi connectivity index (χ4v) is 1.72. The minimum absolute atomic E-state index is 0.0149. The quantitative estimate of drug-likeness (QED) is 0.823. The lowest BCUT2D eigenvalue weighted by molar-refractivity contribution is -0.133. The zero-order chi connectivity index (χ0) is 13.5. The van der Waals surface area contributed by atoms with Gasteiger partial charge in [-0.15, -0.1) is 0 Å². The maximum absolute atomic E-state index is 12.0. The van der Waals surface area contributed by atoms with E-state index >= 15 is 0 Å². The second-order valence-corrected chi connectivity index (χ2v) is 4.39. The molecule has 0 radical (unpaired) electrons. The third-order valence-corrected chi connectivity index (χ3v) is 2.91. The Bertz CT molecular complexity index is 404. The zero-order valence-electron chi connectivity index (χ0n) is 11.1. The van der Waals surface area contributed by atoms with Crippen molar-refractivity contribution in [1.29, 1.82) is 0 Å². The van der Waals surface area contributed by atoms with Crippen molar-refractivity contribution in [3.05, 3.63) is 35.9 Å². The number of nitrogens with zero attached hydrogens (tertiary/aromatic N) is 1. The van der Waals surface area contributed by atoms with Crippen LogP contribution < -0.4 is 5.32 Å². The summed E-state index contributed by atoms with van der Waals surface area (Å²) in [4.78, 5) is 24.9. The molecule has 0 fully saturated rings. The highest BCUT2D eigenvalue weighted by molar-refractivity contribution is 5.88. The summed E-state index contributed by atoms with van der Waals surface area (Å²) in [6, 6.07) is 9.39. The van der Waals surface area contributed by atoms with Crippen molar-refractivity contribution in [2.45, 2.75) is 25.9 Å². The molecule has 0 saturated carbocycles. The van der Waals surface area contributed by atoms with Crippen LogP contribution in [0.5, 0.6) is 0 Å². The molecule has 1 unspecified atom stereocenters. The smallest absolute Gasteiger partial charge is 0.224 e. The zero-order valence-corrected chi connectivity index (χ0v) is 11.1. The number of hydrogen-bond acceptors (Lipinski definition) is 3. The van der Waals surface area contributed by atoms with E-state index in [9.17, 15) is 9.59 Å². The second-order valence-electron chi connectivity index (χ2n) is 4.39. The van der Waals surface area contributed by atoms with Gasteiger partial charge in [-0.25, -0.2) is 0 Å². The molecule has 1 amide bonds. The molecule has 1 atom stereocenters. The van der Waals surface area contributed by atoms with Crippen molar-refractivity contribution < 1.29 is 9.59 Å². The lowest BCUT2D eigenvalue weighted by atomic mass is 10.1. The number of carbonyl (C=O) groups is 2. The van der Waals surface area contributed by atoms with E-state index in [2.05, 4.69) is 5.32 Å². The Kier molecular flexibility index (Phi) is 5.52. The minimum atomic E-state index is -0.393. The Labute approximate surface area is 108 Å². The summed E-state index contributed by atoms with van der Waals surface area (Å²) in [6.07, 6.45) is 0.204. The van der Waals surface area contributed by atoms with Gasteiger partial charge in [0.1, 0.15) is 5.78 Å². The summed E-state index contributed by atoms with van der Waals surface area (Å²) >= 11 is 0. The highest BCUT2D eigenvalue weighted by Crippen LogP contribution is 2.05. The monoisotopic (exact) mass is 248 g/mol. The molecule has 0 heterocycles. The van der Waals surface area contributed by atoms with E-state index in [1.54, 1.807) is 19.0 Å². The van der Waals surface area contributed by atoms with Crippen LogP contribution in [0.15, 0.2) is 30.3 Å². The van der Waals surface area contributed by atoms with E-state index in [1.807, 2.05) is 30.3 Å². The third-order valence-electron chi connectivity index (χ3n) is 2.91. The number of likely N-dealkylation sites (N-methyl/N-ethyl adjacent to an activating group) is 1. The van der Waals surface area contributed by atoms with Crippen LogP contribution in [0.1, 0.15) is 18.9 Å². The number of benzene rings is 1. The number of amides is 1. The number of ketones is 1. The van der Waals surface area contributed by atoms with Crippen molar-refractivity contribution in [2.75, 3.05) is 14.1 Å². The van der Waals surface area contributed by atoms with E-state index in [0.29, 0.717) is 6.54 Å². The number of Topliss-reactive ketones (excluding diaryl/α,β-unsaturated/α-hetero) is 1. The lowest BCUT2D eigenvalue weighted by Crippen LogP contribution is -2.38. The highest BCUT2D eigenvalue weighted by Gasteiger charge is 2.18. The SMILES string of the molecule is CNC(CC(=O)N(C)Cc1ccccc1)C(C)=O. The molecule has 0 aliphatic carbocycles. The van der Waals surface area contributed by atoms with Gasteiger partial charge < -0.3 is 10.2 Å². The second kappa shape index (κ2) is 6.91. The fraction of sp³-hybridized carbons (Fsp3) is 0.429. The molecule has 4 heteroatoms. The van der Waals surface area contributed by atoms with Gasteiger partial charge in [-0.3, -0.25) is 9.59 Å². The van der Waals surface area contributed by atoms with Gasteiger partial charge in [0.15, 0.2) is 0 Å². The summed E-state index contributed by atoms with van der Waals surface area (Å²) in [5, 5.41) is 2.85. The molecule has 18 heavy (non-hydrogen) atoms. The van der Waals surface area contributed by atoms with Crippen LogP contribution in [-0.4, -0.2) is 36.7 Å². The number of hydrogen-bond donors (Lipinski definition) is 1. The first-order valence-corrected chi connectivity index (χ1v) is 6.00. The topological polar surface area (TPSA) is 49.4 Å². The minimum Gasteiger partial charge on any atom is -0.341 e. The number of nitrogens with one attached hydrogen (secondary N) is 1. The van der Waals surface area contributed by atoms with Gasteiger partial charge in [0.25, 0.3) is 0 Å². The van der Waals surface area contributed by atoms with Crippen LogP contribution in [0.2, 0.25) is 0 Å². The molecule has 1 aromatic rings. The first-order chi connectivity index (χ1) is 8.54. The third kappa shape index (κ3) is 4.30. The summed E-state index contributed by atoms with van der Waals surface area (Å²) in [7, 11) is 3.44. The van der Waals surface area contributed by atoms with Crippen LogP contribution in [-0.2, 0) is 16.1 Å². The van der Waals surface area contributed by atoms with Crippen LogP contribution in [0.25, 0.3) is 0 Å². The van der Waals surface area contributed by atoms with E-state index in [1.165, 1.54) is 6.92 Å². The summed E-state index contributed by atoms with van der Waals surface area (Å²) < 4.78 is 0.